The predicted octanol–water partition coefficient (Wildman–Crippen LogP) is 1.44. The van der Waals surface area contributed by atoms with E-state index in [0.29, 0.717) is 23.0 Å². The lowest BCUT2D eigenvalue weighted by Gasteiger charge is -2.29. The molecule has 1 aromatic rings. The minimum atomic E-state index is -0.351. The number of aromatic nitrogens is 1. The molecule has 100 valence electrons. The molecule has 2 rings (SSSR count). The molecule has 1 aliphatic rings. The Kier molecular flexibility index (Phi) is 4.11. The van der Waals surface area contributed by atoms with E-state index < -0.39 is 0 Å². The van der Waals surface area contributed by atoms with Crippen molar-refractivity contribution >= 4 is 23.3 Å². The summed E-state index contributed by atoms with van der Waals surface area (Å²) in [5.74, 6) is -0.351. The zero-order valence-corrected chi connectivity index (χ0v) is 11.6. The highest BCUT2D eigenvalue weighted by molar-refractivity contribution is 7.80. The molecule has 2 heterocycles. The summed E-state index contributed by atoms with van der Waals surface area (Å²) in [5.41, 5.74) is 2.10. The van der Waals surface area contributed by atoms with Gasteiger partial charge in [-0.05, 0) is 37.7 Å². The summed E-state index contributed by atoms with van der Waals surface area (Å²) < 4.78 is 5.10. The van der Waals surface area contributed by atoms with Crippen LogP contribution < -0.4 is 10.6 Å². The van der Waals surface area contributed by atoms with Gasteiger partial charge in [-0.1, -0.05) is 6.07 Å². The van der Waals surface area contributed by atoms with E-state index >= 15 is 0 Å². The molecule has 1 aromatic heterocycles. The molecule has 0 spiro atoms. The van der Waals surface area contributed by atoms with E-state index in [1.807, 2.05) is 19.1 Å². The lowest BCUT2D eigenvalue weighted by molar-refractivity contribution is -0.139. The minimum absolute atomic E-state index is 0.332. The molecule has 0 saturated heterocycles. The number of carbonyl (C=O) groups excluding carboxylic acids is 1. The highest BCUT2D eigenvalue weighted by Crippen LogP contribution is 2.26. The average Bonchev–Trinajstić information content (AvgIpc) is 2.39. The number of nitrogens with one attached hydrogen (secondary N) is 2. The molecule has 0 aliphatic carbocycles. The number of rotatable bonds is 3. The number of carbonyl (C=O) groups is 1. The zero-order valence-electron chi connectivity index (χ0n) is 10.8. The second-order valence-electron chi connectivity index (χ2n) is 4.08. The van der Waals surface area contributed by atoms with Gasteiger partial charge in [0, 0.05) is 18.1 Å². The van der Waals surface area contributed by atoms with Crippen LogP contribution in [-0.2, 0) is 9.53 Å². The molecular formula is C13H15N3O2S. The molecule has 0 saturated carbocycles. The van der Waals surface area contributed by atoms with Gasteiger partial charge in [-0.25, -0.2) is 4.79 Å². The third-order valence-corrected chi connectivity index (χ3v) is 3.00. The van der Waals surface area contributed by atoms with E-state index in [1.54, 1.807) is 19.3 Å². The highest BCUT2D eigenvalue weighted by Gasteiger charge is 2.30. The van der Waals surface area contributed by atoms with Crippen LogP contribution >= 0.6 is 12.2 Å². The number of thiocarbonyl (C=S) groups is 1. The quantitative estimate of drug-likeness (QED) is 0.644. The van der Waals surface area contributed by atoms with Crippen LogP contribution in [0.3, 0.4) is 0 Å². The molecule has 0 aromatic carbocycles. The molecule has 1 aliphatic heterocycles. The first-order valence-corrected chi connectivity index (χ1v) is 6.39. The highest BCUT2D eigenvalue weighted by atomic mass is 32.1. The summed E-state index contributed by atoms with van der Waals surface area (Å²) >= 11 is 5.14. The van der Waals surface area contributed by atoms with Gasteiger partial charge in [-0.3, -0.25) is 4.98 Å². The van der Waals surface area contributed by atoms with Crippen LogP contribution in [-0.4, -0.2) is 22.7 Å². The van der Waals surface area contributed by atoms with Crippen molar-refractivity contribution in [2.45, 2.75) is 19.9 Å². The van der Waals surface area contributed by atoms with E-state index in [-0.39, 0.29) is 12.0 Å². The third kappa shape index (κ3) is 2.90. The second kappa shape index (κ2) is 5.79. The molecule has 0 radical (unpaired) electrons. The van der Waals surface area contributed by atoms with Crippen LogP contribution in [0.5, 0.6) is 0 Å². The molecular weight excluding hydrogens is 262 g/mol. The van der Waals surface area contributed by atoms with Gasteiger partial charge >= 0.3 is 5.97 Å². The number of hydrogen-bond acceptors (Lipinski definition) is 4. The molecule has 5 nitrogen and oxygen atoms in total. The summed E-state index contributed by atoms with van der Waals surface area (Å²) in [4.78, 5) is 16.1. The number of pyridine rings is 1. The van der Waals surface area contributed by atoms with Crippen LogP contribution in [0.15, 0.2) is 35.8 Å². The normalized spacial score (nSPS) is 18.6. The minimum Gasteiger partial charge on any atom is -0.463 e. The van der Waals surface area contributed by atoms with Crippen LogP contribution in [0, 0.1) is 0 Å². The molecule has 0 bridgehead atoms. The van der Waals surface area contributed by atoms with Gasteiger partial charge in [0.05, 0.1) is 18.2 Å². The summed E-state index contributed by atoms with van der Waals surface area (Å²) in [6.07, 6.45) is 3.39. The van der Waals surface area contributed by atoms with Gasteiger partial charge in [0.2, 0.25) is 0 Å². The van der Waals surface area contributed by atoms with Gasteiger partial charge in [-0.15, -0.1) is 0 Å². The number of ether oxygens (including phenoxy) is 1. The first-order chi connectivity index (χ1) is 9.13. The van der Waals surface area contributed by atoms with Crippen LogP contribution in [0.25, 0.3) is 0 Å². The molecule has 1 unspecified atom stereocenters. The molecule has 6 heteroatoms. The Labute approximate surface area is 117 Å². The Morgan fingerprint density at radius 1 is 1.58 bits per heavy atom. The van der Waals surface area contributed by atoms with E-state index in [2.05, 4.69) is 15.6 Å². The first kappa shape index (κ1) is 13.5. The van der Waals surface area contributed by atoms with Crippen molar-refractivity contribution in [1.82, 2.24) is 15.6 Å². The summed E-state index contributed by atoms with van der Waals surface area (Å²) in [5, 5.41) is 6.51. The Morgan fingerprint density at radius 2 is 2.37 bits per heavy atom. The SMILES string of the molecule is CCOC(=O)C1=C(C)NC(=S)NC1c1cccnc1. The van der Waals surface area contributed by atoms with Crippen molar-refractivity contribution in [2.75, 3.05) is 6.61 Å². The molecule has 1 atom stereocenters. The van der Waals surface area contributed by atoms with Crippen molar-refractivity contribution in [3.8, 4) is 0 Å². The lowest BCUT2D eigenvalue weighted by atomic mass is 9.97. The van der Waals surface area contributed by atoms with Gasteiger partial charge in [0.25, 0.3) is 0 Å². The molecule has 0 fully saturated rings. The average molecular weight is 277 g/mol. The van der Waals surface area contributed by atoms with Crippen molar-refractivity contribution in [1.29, 1.82) is 0 Å². The lowest BCUT2D eigenvalue weighted by Crippen LogP contribution is -2.45. The molecule has 2 N–H and O–H groups in total. The fourth-order valence-electron chi connectivity index (χ4n) is 1.97. The van der Waals surface area contributed by atoms with E-state index in [0.717, 1.165) is 5.56 Å². The van der Waals surface area contributed by atoms with E-state index in [9.17, 15) is 4.79 Å². The third-order valence-electron chi connectivity index (χ3n) is 2.78. The monoisotopic (exact) mass is 277 g/mol. The number of esters is 1. The van der Waals surface area contributed by atoms with Crippen molar-refractivity contribution < 1.29 is 9.53 Å². The van der Waals surface area contributed by atoms with E-state index in [1.165, 1.54) is 0 Å². The zero-order chi connectivity index (χ0) is 13.8. The van der Waals surface area contributed by atoms with E-state index in [4.69, 9.17) is 17.0 Å². The maximum absolute atomic E-state index is 12.1. The van der Waals surface area contributed by atoms with Gasteiger partial charge in [-0.2, -0.15) is 0 Å². The fraction of sp³-hybridized carbons (Fsp3) is 0.308. The van der Waals surface area contributed by atoms with Crippen molar-refractivity contribution in [3.05, 3.63) is 41.4 Å². The van der Waals surface area contributed by atoms with Gasteiger partial charge in [0.1, 0.15) is 0 Å². The van der Waals surface area contributed by atoms with Crippen molar-refractivity contribution in [3.63, 3.8) is 0 Å². The molecule has 19 heavy (non-hydrogen) atoms. The Morgan fingerprint density at radius 3 is 3.00 bits per heavy atom. The maximum Gasteiger partial charge on any atom is 0.338 e. The smallest absolute Gasteiger partial charge is 0.338 e. The number of hydrogen-bond donors (Lipinski definition) is 2. The van der Waals surface area contributed by atoms with Crippen LogP contribution in [0.4, 0.5) is 0 Å². The maximum atomic E-state index is 12.1. The summed E-state index contributed by atoms with van der Waals surface area (Å²) in [6, 6.07) is 3.38. The number of allylic oxidation sites excluding steroid dienone is 1. The largest absolute Gasteiger partial charge is 0.463 e. The standard InChI is InChI=1S/C13H15N3O2S/c1-3-18-12(17)10-8(2)15-13(19)16-11(10)9-5-4-6-14-7-9/h4-7,11H,3H2,1-2H3,(H2,15,16,19). The summed E-state index contributed by atoms with van der Waals surface area (Å²) in [7, 11) is 0. The predicted molar refractivity (Wildman–Crippen MR) is 75.2 cm³/mol. The molecule has 0 amide bonds. The van der Waals surface area contributed by atoms with Crippen LogP contribution in [0.2, 0.25) is 0 Å². The van der Waals surface area contributed by atoms with Gasteiger partial charge < -0.3 is 15.4 Å². The van der Waals surface area contributed by atoms with Crippen molar-refractivity contribution in [2.24, 2.45) is 0 Å². The number of nitrogens with zero attached hydrogens (tertiary/aromatic N) is 1. The second-order valence-corrected chi connectivity index (χ2v) is 4.49. The fourth-order valence-corrected chi connectivity index (χ4v) is 2.24. The Bertz CT molecular complexity index is 528. The Balaban J connectivity index is 2.41. The Hall–Kier alpha value is -1.95. The van der Waals surface area contributed by atoms with Gasteiger partial charge in [0.15, 0.2) is 5.11 Å². The topological polar surface area (TPSA) is 63.2 Å². The summed E-state index contributed by atoms with van der Waals surface area (Å²) in [6.45, 7) is 3.92. The van der Waals surface area contributed by atoms with Crippen LogP contribution in [0.1, 0.15) is 25.5 Å². The first-order valence-electron chi connectivity index (χ1n) is 5.98.